The highest BCUT2D eigenvalue weighted by Crippen LogP contribution is 2.24. The molecule has 0 saturated heterocycles. The Morgan fingerprint density at radius 3 is 2.53 bits per heavy atom. The summed E-state index contributed by atoms with van der Waals surface area (Å²) in [6.45, 7) is 0.0790. The lowest BCUT2D eigenvalue weighted by molar-refractivity contribution is 0.282. The van der Waals surface area contributed by atoms with Gasteiger partial charge in [0.1, 0.15) is 0 Å². The van der Waals surface area contributed by atoms with E-state index >= 15 is 0 Å². The summed E-state index contributed by atoms with van der Waals surface area (Å²) in [5, 5.41) is 10.3. The van der Waals surface area contributed by atoms with Crippen molar-refractivity contribution < 1.29 is 5.11 Å². The van der Waals surface area contributed by atoms with E-state index in [1.807, 2.05) is 36.4 Å². The van der Waals surface area contributed by atoms with Gasteiger partial charge in [0.25, 0.3) is 0 Å². The number of aliphatic hydroxyl groups is 1. The molecule has 0 atom stereocenters. The number of rotatable bonds is 2. The van der Waals surface area contributed by atoms with Gasteiger partial charge in [0, 0.05) is 16.6 Å². The molecule has 1 heterocycles. The molecule has 0 fully saturated rings. The summed E-state index contributed by atoms with van der Waals surface area (Å²) >= 11 is 0. The molecule has 1 aromatic heterocycles. The van der Waals surface area contributed by atoms with Crippen LogP contribution >= 0.6 is 0 Å². The van der Waals surface area contributed by atoms with Gasteiger partial charge in [0.2, 0.25) is 0 Å². The van der Waals surface area contributed by atoms with Crippen molar-refractivity contribution in [3.8, 4) is 11.3 Å². The first-order valence-electron chi connectivity index (χ1n) is 5.65. The predicted octanol–water partition coefficient (Wildman–Crippen LogP) is 3.33. The maximum Gasteiger partial charge on any atom is 0.0682 e. The lowest BCUT2D eigenvalue weighted by atomic mass is 10.1. The zero-order valence-electron chi connectivity index (χ0n) is 9.35. The summed E-state index contributed by atoms with van der Waals surface area (Å²) in [7, 11) is 0. The molecule has 0 spiro atoms. The maximum atomic E-state index is 9.11. The Balaban J connectivity index is 2.14. The van der Waals surface area contributed by atoms with Crippen LogP contribution in [0.2, 0.25) is 0 Å². The van der Waals surface area contributed by atoms with Gasteiger partial charge in [-0.2, -0.15) is 0 Å². The summed E-state index contributed by atoms with van der Waals surface area (Å²) in [4.78, 5) is 3.38. The van der Waals surface area contributed by atoms with Gasteiger partial charge < -0.3 is 10.1 Å². The third-order valence-corrected chi connectivity index (χ3v) is 2.95. The molecule has 3 aromatic rings. The number of nitrogens with one attached hydrogen (secondary N) is 1. The van der Waals surface area contributed by atoms with Crippen LogP contribution in [0.1, 0.15) is 5.56 Å². The Morgan fingerprint density at radius 1 is 0.941 bits per heavy atom. The minimum Gasteiger partial charge on any atom is -0.392 e. The number of fused-ring (bicyclic) bond motifs is 1. The second-order valence-electron chi connectivity index (χ2n) is 4.13. The number of hydrogen-bond acceptors (Lipinski definition) is 1. The van der Waals surface area contributed by atoms with Crippen LogP contribution in [0.5, 0.6) is 0 Å². The van der Waals surface area contributed by atoms with E-state index in [-0.39, 0.29) is 6.61 Å². The van der Waals surface area contributed by atoms with E-state index in [0.29, 0.717) is 0 Å². The maximum absolute atomic E-state index is 9.11. The molecule has 2 heteroatoms. The normalized spacial score (nSPS) is 10.9. The number of aromatic amines is 1. The first kappa shape index (κ1) is 10.1. The monoisotopic (exact) mass is 223 g/mol. The largest absolute Gasteiger partial charge is 0.392 e. The van der Waals surface area contributed by atoms with Gasteiger partial charge in [-0.05, 0) is 23.3 Å². The van der Waals surface area contributed by atoms with E-state index in [0.717, 1.165) is 16.8 Å². The molecule has 2 N–H and O–H groups in total. The Hall–Kier alpha value is -2.06. The van der Waals surface area contributed by atoms with Crippen LogP contribution in [0.25, 0.3) is 22.2 Å². The lowest BCUT2D eigenvalue weighted by Gasteiger charge is -1.96. The SMILES string of the molecule is OCc1ccc2cc(-c3ccccc3)[nH]c2c1. The lowest BCUT2D eigenvalue weighted by Crippen LogP contribution is -1.81. The fraction of sp³-hybridized carbons (Fsp3) is 0.0667. The highest BCUT2D eigenvalue weighted by atomic mass is 16.3. The number of benzene rings is 2. The second kappa shape index (κ2) is 4.07. The molecule has 0 radical (unpaired) electrons. The summed E-state index contributed by atoms with van der Waals surface area (Å²) in [6, 6.07) is 18.3. The van der Waals surface area contributed by atoms with E-state index in [2.05, 4.69) is 23.2 Å². The van der Waals surface area contributed by atoms with Crippen molar-refractivity contribution in [1.29, 1.82) is 0 Å². The minimum absolute atomic E-state index is 0.0790. The molecular formula is C15H13NO. The van der Waals surface area contributed by atoms with Gasteiger partial charge in [0.05, 0.1) is 6.61 Å². The predicted molar refractivity (Wildman–Crippen MR) is 69.7 cm³/mol. The Morgan fingerprint density at radius 2 is 1.76 bits per heavy atom. The second-order valence-corrected chi connectivity index (χ2v) is 4.13. The Bertz CT molecular complexity index is 640. The smallest absolute Gasteiger partial charge is 0.0682 e. The van der Waals surface area contributed by atoms with Crippen LogP contribution in [0.15, 0.2) is 54.6 Å². The topological polar surface area (TPSA) is 36.0 Å². The van der Waals surface area contributed by atoms with Crippen molar-refractivity contribution in [2.45, 2.75) is 6.61 Å². The molecule has 0 saturated carbocycles. The van der Waals surface area contributed by atoms with Gasteiger partial charge in [-0.3, -0.25) is 0 Å². The standard InChI is InChI=1S/C15H13NO/c17-10-11-6-7-13-9-15(16-14(13)8-11)12-4-2-1-3-5-12/h1-9,16-17H,10H2. The van der Waals surface area contributed by atoms with E-state index in [1.54, 1.807) is 0 Å². The van der Waals surface area contributed by atoms with E-state index < -0.39 is 0 Å². The molecule has 0 aliphatic rings. The van der Waals surface area contributed by atoms with E-state index in [4.69, 9.17) is 5.11 Å². The molecule has 17 heavy (non-hydrogen) atoms. The zero-order chi connectivity index (χ0) is 11.7. The highest BCUT2D eigenvalue weighted by molar-refractivity contribution is 5.86. The van der Waals surface area contributed by atoms with Gasteiger partial charge in [-0.25, -0.2) is 0 Å². The Labute approximate surface area is 99.5 Å². The van der Waals surface area contributed by atoms with Gasteiger partial charge in [-0.15, -0.1) is 0 Å². The van der Waals surface area contributed by atoms with Crippen molar-refractivity contribution in [3.05, 3.63) is 60.2 Å². The van der Waals surface area contributed by atoms with Crippen LogP contribution in [-0.4, -0.2) is 10.1 Å². The van der Waals surface area contributed by atoms with Gasteiger partial charge in [-0.1, -0.05) is 42.5 Å². The van der Waals surface area contributed by atoms with Gasteiger partial charge in [0.15, 0.2) is 0 Å². The number of aromatic nitrogens is 1. The Kier molecular flexibility index (Phi) is 2.42. The average Bonchev–Trinajstić information content (AvgIpc) is 2.82. The molecule has 0 aliphatic carbocycles. The van der Waals surface area contributed by atoms with Crippen LogP contribution in [0.3, 0.4) is 0 Å². The summed E-state index contributed by atoms with van der Waals surface area (Å²) < 4.78 is 0. The van der Waals surface area contributed by atoms with Crippen molar-refractivity contribution in [1.82, 2.24) is 4.98 Å². The van der Waals surface area contributed by atoms with Crippen LogP contribution in [-0.2, 0) is 6.61 Å². The third-order valence-electron chi connectivity index (χ3n) is 2.95. The first-order valence-corrected chi connectivity index (χ1v) is 5.65. The van der Waals surface area contributed by atoms with E-state index in [1.165, 1.54) is 10.9 Å². The van der Waals surface area contributed by atoms with Crippen molar-refractivity contribution in [2.75, 3.05) is 0 Å². The van der Waals surface area contributed by atoms with Crippen molar-refractivity contribution >= 4 is 10.9 Å². The molecule has 0 aliphatic heterocycles. The molecular weight excluding hydrogens is 210 g/mol. The first-order chi connectivity index (χ1) is 8.36. The zero-order valence-corrected chi connectivity index (χ0v) is 9.35. The molecule has 0 unspecified atom stereocenters. The van der Waals surface area contributed by atoms with Gasteiger partial charge >= 0.3 is 0 Å². The fourth-order valence-corrected chi connectivity index (χ4v) is 2.05. The van der Waals surface area contributed by atoms with Crippen LogP contribution in [0, 0.1) is 0 Å². The quantitative estimate of drug-likeness (QED) is 0.686. The van der Waals surface area contributed by atoms with Crippen LogP contribution in [0.4, 0.5) is 0 Å². The fourth-order valence-electron chi connectivity index (χ4n) is 2.05. The van der Waals surface area contributed by atoms with Crippen molar-refractivity contribution in [3.63, 3.8) is 0 Å². The summed E-state index contributed by atoms with van der Waals surface area (Å²) in [5.74, 6) is 0. The molecule has 0 bridgehead atoms. The number of aliphatic hydroxyl groups excluding tert-OH is 1. The molecule has 2 aromatic carbocycles. The third kappa shape index (κ3) is 1.83. The molecule has 0 amide bonds. The molecule has 84 valence electrons. The molecule has 3 rings (SSSR count). The molecule has 2 nitrogen and oxygen atoms in total. The van der Waals surface area contributed by atoms with Crippen molar-refractivity contribution in [2.24, 2.45) is 0 Å². The van der Waals surface area contributed by atoms with E-state index in [9.17, 15) is 0 Å². The highest BCUT2D eigenvalue weighted by Gasteiger charge is 2.03. The summed E-state index contributed by atoms with van der Waals surface area (Å²) in [6.07, 6.45) is 0. The summed E-state index contributed by atoms with van der Waals surface area (Å²) in [5.41, 5.74) is 4.28. The minimum atomic E-state index is 0.0790. The number of hydrogen-bond donors (Lipinski definition) is 2. The number of H-pyrrole nitrogens is 1. The van der Waals surface area contributed by atoms with Crippen LogP contribution < -0.4 is 0 Å². The average molecular weight is 223 g/mol.